The number of halogens is 1. The van der Waals surface area contributed by atoms with Crippen LogP contribution < -0.4 is 15.2 Å². The van der Waals surface area contributed by atoms with Crippen molar-refractivity contribution in [1.82, 2.24) is 4.31 Å². The fraction of sp³-hybridized carbons (Fsp3) is 0.400. The smallest absolute Gasteiger partial charge is 0.243 e. The van der Waals surface area contributed by atoms with E-state index in [1.54, 1.807) is 12.1 Å². The Bertz CT molecular complexity index is 816. The summed E-state index contributed by atoms with van der Waals surface area (Å²) in [7, 11) is -3.69. The van der Waals surface area contributed by atoms with Crippen LogP contribution in [-0.2, 0) is 16.4 Å². The molecule has 156 valence electrons. The second-order valence-corrected chi connectivity index (χ2v) is 7.84. The summed E-state index contributed by atoms with van der Waals surface area (Å²) in [5, 5.41) is 0. The van der Waals surface area contributed by atoms with Gasteiger partial charge in [0.15, 0.2) is 11.5 Å². The largest absolute Gasteiger partial charge is 0.490 e. The predicted octanol–water partition coefficient (Wildman–Crippen LogP) is 3.10. The molecule has 2 aromatic rings. The highest BCUT2D eigenvalue weighted by Gasteiger charge is 2.25. The van der Waals surface area contributed by atoms with Gasteiger partial charge in [0, 0.05) is 25.7 Å². The van der Waals surface area contributed by atoms with E-state index in [4.69, 9.17) is 15.2 Å². The average Bonchev–Trinajstić information content (AvgIpc) is 2.67. The Labute approximate surface area is 174 Å². The zero-order valence-corrected chi connectivity index (χ0v) is 18.0. The lowest BCUT2D eigenvalue weighted by atomic mass is 10.1. The molecule has 2 N–H and O–H groups in total. The Kier molecular flexibility index (Phi) is 10.3. The van der Waals surface area contributed by atoms with Crippen LogP contribution >= 0.6 is 12.4 Å². The fourth-order valence-electron chi connectivity index (χ4n) is 2.74. The Balaban J connectivity index is 0.00000392. The van der Waals surface area contributed by atoms with E-state index in [1.807, 2.05) is 44.2 Å². The third-order valence-electron chi connectivity index (χ3n) is 4.02. The van der Waals surface area contributed by atoms with E-state index >= 15 is 0 Å². The third kappa shape index (κ3) is 6.38. The maximum atomic E-state index is 13.1. The van der Waals surface area contributed by atoms with Crippen LogP contribution in [0.3, 0.4) is 0 Å². The van der Waals surface area contributed by atoms with Crippen LogP contribution in [-0.4, -0.2) is 45.6 Å². The van der Waals surface area contributed by atoms with Crippen molar-refractivity contribution in [3.8, 4) is 11.5 Å². The highest BCUT2D eigenvalue weighted by Crippen LogP contribution is 2.31. The summed E-state index contributed by atoms with van der Waals surface area (Å²) in [6, 6.07) is 14.5. The molecule has 28 heavy (non-hydrogen) atoms. The fourth-order valence-corrected chi connectivity index (χ4v) is 4.21. The summed E-state index contributed by atoms with van der Waals surface area (Å²) in [5.41, 5.74) is 6.74. The lowest BCUT2D eigenvalue weighted by molar-refractivity contribution is 0.287. The molecule has 0 amide bonds. The van der Waals surface area contributed by atoms with Crippen molar-refractivity contribution in [3.63, 3.8) is 0 Å². The topological polar surface area (TPSA) is 81.9 Å². The van der Waals surface area contributed by atoms with Crippen molar-refractivity contribution >= 4 is 22.4 Å². The summed E-state index contributed by atoms with van der Waals surface area (Å²) in [6.07, 6.45) is 0.620. The van der Waals surface area contributed by atoms with E-state index < -0.39 is 10.0 Å². The molecule has 0 saturated heterocycles. The Morgan fingerprint density at radius 2 is 1.57 bits per heavy atom. The summed E-state index contributed by atoms with van der Waals surface area (Å²) >= 11 is 0. The molecule has 8 heteroatoms. The molecule has 0 heterocycles. The van der Waals surface area contributed by atoms with Crippen LogP contribution in [0.1, 0.15) is 19.4 Å². The number of sulfonamides is 1. The molecule has 0 aliphatic carbocycles. The van der Waals surface area contributed by atoms with Gasteiger partial charge < -0.3 is 15.2 Å². The summed E-state index contributed by atoms with van der Waals surface area (Å²) < 4.78 is 38.8. The minimum Gasteiger partial charge on any atom is -0.490 e. The van der Waals surface area contributed by atoms with Crippen molar-refractivity contribution in [1.29, 1.82) is 0 Å². The van der Waals surface area contributed by atoms with E-state index in [1.165, 1.54) is 10.4 Å². The SMILES string of the molecule is CCOc1ccc(S(=O)(=O)N(CCN)CCc2ccccc2)cc1OCC.Cl. The van der Waals surface area contributed by atoms with Gasteiger partial charge in [-0.25, -0.2) is 8.42 Å². The van der Waals surface area contributed by atoms with E-state index in [0.717, 1.165) is 5.56 Å². The molecular formula is C20H29ClN2O4S. The maximum Gasteiger partial charge on any atom is 0.243 e. The number of ether oxygens (including phenoxy) is 2. The highest BCUT2D eigenvalue weighted by atomic mass is 35.5. The van der Waals surface area contributed by atoms with Gasteiger partial charge in [0.25, 0.3) is 0 Å². The van der Waals surface area contributed by atoms with Crippen LogP contribution in [0.4, 0.5) is 0 Å². The Morgan fingerprint density at radius 1 is 0.929 bits per heavy atom. The van der Waals surface area contributed by atoms with Crippen molar-refractivity contribution in [2.45, 2.75) is 25.2 Å². The number of hydrogen-bond acceptors (Lipinski definition) is 5. The number of benzene rings is 2. The normalized spacial score (nSPS) is 11.1. The first-order valence-corrected chi connectivity index (χ1v) is 10.6. The van der Waals surface area contributed by atoms with Gasteiger partial charge >= 0.3 is 0 Å². The minimum absolute atomic E-state index is 0. The number of hydrogen-bond donors (Lipinski definition) is 1. The van der Waals surface area contributed by atoms with Gasteiger partial charge in [-0.2, -0.15) is 4.31 Å². The van der Waals surface area contributed by atoms with Gasteiger partial charge in [0.05, 0.1) is 18.1 Å². The van der Waals surface area contributed by atoms with Gasteiger partial charge in [-0.3, -0.25) is 0 Å². The lowest BCUT2D eigenvalue weighted by Crippen LogP contribution is -2.37. The molecule has 0 aliphatic rings. The zero-order chi connectivity index (χ0) is 19.7. The summed E-state index contributed by atoms with van der Waals surface area (Å²) in [5.74, 6) is 0.962. The van der Waals surface area contributed by atoms with Crippen molar-refractivity contribution in [3.05, 3.63) is 54.1 Å². The van der Waals surface area contributed by atoms with Crippen LogP contribution in [0.5, 0.6) is 11.5 Å². The Morgan fingerprint density at radius 3 is 2.18 bits per heavy atom. The molecular weight excluding hydrogens is 400 g/mol. The number of nitrogens with zero attached hydrogens (tertiary/aromatic N) is 1. The molecule has 6 nitrogen and oxygen atoms in total. The van der Waals surface area contributed by atoms with E-state index in [0.29, 0.717) is 37.7 Å². The molecule has 0 aromatic heterocycles. The molecule has 0 bridgehead atoms. The van der Waals surface area contributed by atoms with Crippen molar-refractivity contribution < 1.29 is 17.9 Å². The van der Waals surface area contributed by atoms with Gasteiger partial charge in [-0.1, -0.05) is 30.3 Å². The van der Waals surface area contributed by atoms with Crippen LogP contribution in [0.15, 0.2) is 53.4 Å². The number of rotatable bonds is 11. The van der Waals surface area contributed by atoms with Gasteiger partial charge in [0.1, 0.15) is 0 Å². The second kappa shape index (κ2) is 11.9. The van der Waals surface area contributed by atoms with Gasteiger partial charge in [0.2, 0.25) is 10.0 Å². The van der Waals surface area contributed by atoms with Gasteiger partial charge in [-0.15, -0.1) is 12.4 Å². The van der Waals surface area contributed by atoms with Crippen molar-refractivity contribution in [2.75, 3.05) is 32.8 Å². The van der Waals surface area contributed by atoms with Crippen LogP contribution in [0, 0.1) is 0 Å². The summed E-state index contributed by atoms with van der Waals surface area (Å²) in [4.78, 5) is 0.177. The molecule has 2 rings (SSSR count). The van der Waals surface area contributed by atoms with Crippen LogP contribution in [0.25, 0.3) is 0 Å². The standard InChI is InChI=1S/C20H28N2O4S.ClH/c1-3-25-19-11-10-18(16-20(19)26-4-2)27(23,24)22(15-13-21)14-12-17-8-6-5-7-9-17;/h5-11,16H,3-4,12-15,21H2,1-2H3;1H. The van der Waals surface area contributed by atoms with Crippen LogP contribution in [0.2, 0.25) is 0 Å². The van der Waals surface area contributed by atoms with Gasteiger partial charge in [-0.05, 0) is 38.0 Å². The molecule has 0 spiro atoms. The highest BCUT2D eigenvalue weighted by molar-refractivity contribution is 7.89. The first-order valence-electron chi connectivity index (χ1n) is 9.16. The van der Waals surface area contributed by atoms with E-state index in [2.05, 4.69) is 0 Å². The summed E-state index contributed by atoms with van der Waals surface area (Å²) in [6.45, 7) is 5.48. The first kappa shape index (κ1) is 24.2. The molecule has 0 unspecified atom stereocenters. The predicted molar refractivity (Wildman–Crippen MR) is 114 cm³/mol. The Hall–Kier alpha value is -1.80. The first-order chi connectivity index (χ1) is 13.0. The monoisotopic (exact) mass is 428 g/mol. The second-order valence-electron chi connectivity index (χ2n) is 5.90. The third-order valence-corrected chi connectivity index (χ3v) is 5.92. The molecule has 0 fully saturated rings. The minimum atomic E-state index is -3.69. The molecule has 0 radical (unpaired) electrons. The quantitative estimate of drug-likeness (QED) is 0.594. The van der Waals surface area contributed by atoms with E-state index in [9.17, 15) is 8.42 Å². The maximum absolute atomic E-state index is 13.1. The van der Waals surface area contributed by atoms with Crippen molar-refractivity contribution in [2.24, 2.45) is 5.73 Å². The molecule has 0 atom stereocenters. The lowest BCUT2D eigenvalue weighted by Gasteiger charge is -2.22. The van der Waals surface area contributed by atoms with E-state index in [-0.39, 0.29) is 30.4 Å². The number of nitrogens with two attached hydrogens (primary N) is 1. The molecule has 2 aromatic carbocycles. The average molecular weight is 429 g/mol. The zero-order valence-electron chi connectivity index (χ0n) is 16.3. The molecule has 0 saturated carbocycles. The molecule has 0 aliphatic heterocycles.